The minimum Gasteiger partial charge on any atom is -0.399 e. The largest absolute Gasteiger partial charge is 0.399 e. The lowest BCUT2D eigenvalue weighted by molar-refractivity contribution is -0.138. The summed E-state index contributed by atoms with van der Waals surface area (Å²) in [5, 5.41) is 0. The Kier molecular flexibility index (Phi) is 4.34. The van der Waals surface area contributed by atoms with E-state index in [-0.39, 0.29) is 6.54 Å². The van der Waals surface area contributed by atoms with Gasteiger partial charge in [0.25, 0.3) is 0 Å². The SMILES string of the molecule is Nc1ccc(C2CCN(CCC(F)(F)F)CC2)cc1. The predicted octanol–water partition coefficient (Wildman–Crippen LogP) is 3.40. The Morgan fingerprint density at radius 3 is 2.21 bits per heavy atom. The average Bonchev–Trinajstić information content (AvgIpc) is 2.37. The monoisotopic (exact) mass is 272 g/mol. The fourth-order valence-corrected chi connectivity index (χ4v) is 2.54. The van der Waals surface area contributed by atoms with Crippen molar-refractivity contribution in [3.8, 4) is 0 Å². The van der Waals surface area contributed by atoms with Crippen LogP contribution in [0.25, 0.3) is 0 Å². The molecule has 0 spiro atoms. The van der Waals surface area contributed by atoms with E-state index >= 15 is 0 Å². The molecule has 1 aromatic carbocycles. The summed E-state index contributed by atoms with van der Waals surface area (Å²) in [5.41, 5.74) is 7.63. The van der Waals surface area contributed by atoms with Crippen LogP contribution in [0.4, 0.5) is 18.9 Å². The van der Waals surface area contributed by atoms with Crippen LogP contribution in [-0.2, 0) is 0 Å². The normalized spacial score (nSPS) is 18.7. The van der Waals surface area contributed by atoms with Crippen molar-refractivity contribution in [1.82, 2.24) is 4.90 Å². The van der Waals surface area contributed by atoms with Gasteiger partial charge in [0.1, 0.15) is 0 Å². The standard InChI is InChI=1S/C14H19F3N2/c15-14(16,17)7-10-19-8-5-12(6-9-19)11-1-3-13(18)4-2-11/h1-4,12H,5-10,18H2. The number of hydrogen-bond acceptors (Lipinski definition) is 2. The van der Waals surface area contributed by atoms with Gasteiger partial charge in [-0.1, -0.05) is 12.1 Å². The van der Waals surface area contributed by atoms with Crippen LogP contribution in [0.1, 0.15) is 30.7 Å². The second-order valence-corrected chi connectivity index (χ2v) is 5.15. The second-order valence-electron chi connectivity index (χ2n) is 5.15. The quantitative estimate of drug-likeness (QED) is 0.854. The fourth-order valence-electron chi connectivity index (χ4n) is 2.54. The fraction of sp³-hybridized carbons (Fsp3) is 0.571. The third kappa shape index (κ3) is 4.42. The van der Waals surface area contributed by atoms with Crippen LogP contribution >= 0.6 is 0 Å². The van der Waals surface area contributed by atoms with Gasteiger partial charge in [-0.3, -0.25) is 0 Å². The number of nitrogens with two attached hydrogens (primary N) is 1. The molecule has 1 fully saturated rings. The van der Waals surface area contributed by atoms with Gasteiger partial charge >= 0.3 is 6.18 Å². The maximum atomic E-state index is 12.2. The van der Waals surface area contributed by atoms with Gasteiger partial charge in [-0.25, -0.2) is 0 Å². The molecule has 1 heterocycles. The van der Waals surface area contributed by atoms with Gasteiger partial charge in [-0.15, -0.1) is 0 Å². The van der Waals surface area contributed by atoms with Crippen molar-refractivity contribution in [1.29, 1.82) is 0 Å². The summed E-state index contributed by atoms with van der Waals surface area (Å²) in [4.78, 5) is 1.90. The molecule has 0 bridgehead atoms. The van der Waals surface area contributed by atoms with Crippen molar-refractivity contribution in [3.05, 3.63) is 29.8 Å². The van der Waals surface area contributed by atoms with E-state index in [9.17, 15) is 13.2 Å². The molecule has 1 aliphatic rings. The number of benzene rings is 1. The van der Waals surface area contributed by atoms with E-state index in [4.69, 9.17) is 5.73 Å². The van der Waals surface area contributed by atoms with E-state index in [1.807, 2.05) is 29.2 Å². The zero-order chi connectivity index (χ0) is 13.9. The number of nitrogen functional groups attached to an aromatic ring is 1. The van der Waals surface area contributed by atoms with E-state index in [2.05, 4.69) is 0 Å². The van der Waals surface area contributed by atoms with Crippen LogP contribution < -0.4 is 5.73 Å². The number of nitrogens with zero attached hydrogens (tertiary/aromatic N) is 1. The predicted molar refractivity (Wildman–Crippen MR) is 69.9 cm³/mol. The first-order valence-corrected chi connectivity index (χ1v) is 6.58. The molecule has 0 amide bonds. The van der Waals surface area contributed by atoms with Crippen LogP contribution in [0, 0.1) is 0 Å². The Morgan fingerprint density at radius 2 is 1.68 bits per heavy atom. The molecule has 19 heavy (non-hydrogen) atoms. The minimum absolute atomic E-state index is 0.123. The summed E-state index contributed by atoms with van der Waals surface area (Å²) in [6.07, 6.45) is -2.92. The number of rotatable bonds is 3. The Balaban J connectivity index is 1.81. The minimum atomic E-state index is -4.05. The number of halogens is 3. The highest BCUT2D eigenvalue weighted by Gasteiger charge is 2.29. The van der Waals surface area contributed by atoms with Gasteiger partial charge in [0.15, 0.2) is 0 Å². The van der Waals surface area contributed by atoms with Crippen molar-refractivity contribution in [2.24, 2.45) is 0 Å². The number of likely N-dealkylation sites (tertiary alicyclic amines) is 1. The maximum Gasteiger partial charge on any atom is 0.390 e. The van der Waals surface area contributed by atoms with Crippen LogP contribution in [0.3, 0.4) is 0 Å². The number of hydrogen-bond donors (Lipinski definition) is 1. The molecule has 1 aromatic rings. The van der Waals surface area contributed by atoms with Gasteiger partial charge in [0, 0.05) is 12.2 Å². The maximum absolute atomic E-state index is 12.2. The van der Waals surface area contributed by atoms with Crippen molar-refractivity contribution in [3.63, 3.8) is 0 Å². The number of piperidine rings is 1. The first kappa shape index (κ1) is 14.2. The summed E-state index contributed by atoms with van der Waals surface area (Å²) in [6.45, 7) is 1.61. The molecular formula is C14H19F3N2. The van der Waals surface area contributed by atoms with Gasteiger partial charge in [0.2, 0.25) is 0 Å². The van der Waals surface area contributed by atoms with Crippen molar-refractivity contribution in [2.45, 2.75) is 31.4 Å². The number of alkyl halides is 3. The van der Waals surface area contributed by atoms with E-state index in [0.29, 0.717) is 5.92 Å². The smallest absolute Gasteiger partial charge is 0.390 e. The average molecular weight is 272 g/mol. The zero-order valence-electron chi connectivity index (χ0n) is 10.8. The molecule has 0 unspecified atom stereocenters. The first-order chi connectivity index (χ1) is 8.94. The molecule has 0 radical (unpaired) electrons. The molecule has 1 aliphatic heterocycles. The molecule has 2 nitrogen and oxygen atoms in total. The van der Waals surface area contributed by atoms with Crippen molar-refractivity contribution in [2.75, 3.05) is 25.4 Å². The molecule has 1 saturated heterocycles. The Hall–Kier alpha value is -1.23. The Bertz CT molecular complexity index is 392. The molecule has 0 saturated carbocycles. The van der Waals surface area contributed by atoms with Crippen molar-refractivity contribution >= 4 is 5.69 Å². The highest BCUT2D eigenvalue weighted by molar-refractivity contribution is 5.40. The van der Waals surface area contributed by atoms with Crippen LogP contribution in [0.2, 0.25) is 0 Å². The van der Waals surface area contributed by atoms with E-state index < -0.39 is 12.6 Å². The highest BCUT2D eigenvalue weighted by Crippen LogP contribution is 2.29. The van der Waals surface area contributed by atoms with Gasteiger partial charge < -0.3 is 10.6 Å². The summed E-state index contributed by atoms with van der Waals surface area (Å²) in [7, 11) is 0. The Morgan fingerprint density at radius 1 is 1.11 bits per heavy atom. The molecule has 2 N–H and O–H groups in total. The zero-order valence-corrected chi connectivity index (χ0v) is 10.8. The molecule has 106 valence electrons. The summed E-state index contributed by atoms with van der Waals surface area (Å²) < 4.78 is 36.5. The second kappa shape index (κ2) is 5.82. The summed E-state index contributed by atoms with van der Waals surface area (Å²) >= 11 is 0. The lowest BCUT2D eigenvalue weighted by Gasteiger charge is -2.32. The topological polar surface area (TPSA) is 29.3 Å². The lowest BCUT2D eigenvalue weighted by atomic mass is 9.89. The van der Waals surface area contributed by atoms with Crippen LogP contribution in [-0.4, -0.2) is 30.7 Å². The van der Waals surface area contributed by atoms with Gasteiger partial charge in [-0.2, -0.15) is 13.2 Å². The van der Waals surface area contributed by atoms with Gasteiger partial charge in [0.05, 0.1) is 6.42 Å². The molecular weight excluding hydrogens is 253 g/mol. The van der Waals surface area contributed by atoms with Crippen LogP contribution in [0.5, 0.6) is 0 Å². The molecule has 5 heteroatoms. The molecule has 0 atom stereocenters. The van der Waals surface area contributed by atoms with E-state index in [0.717, 1.165) is 31.6 Å². The van der Waals surface area contributed by atoms with Crippen molar-refractivity contribution < 1.29 is 13.2 Å². The van der Waals surface area contributed by atoms with Crippen LogP contribution in [0.15, 0.2) is 24.3 Å². The summed E-state index contributed by atoms with van der Waals surface area (Å²) in [6, 6.07) is 7.80. The lowest BCUT2D eigenvalue weighted by Crippen LogP contribution is -2.35. The number of anilines is 1. The third-order valence-corrected chi connectivity index (χ3v) is 3.71. The Labute approximate surface area is 111 Å². The highest BCUT2D eigenvalue weighted by atomic mass is 19.4. The molecule has 0 aromatic heterocycles. The van der Waals surface area contributed by atoms with E-state index in [1.165, 1.54) is 5.56 Å². The molecule has 0 aliphatic carbocycles. The van der Waals surface area contributed by atoms with E-state index in [1.54, 1.807) is 0 Å². The van der Waals surface area contributed by atoms with Gasteiger partial charge in [-0.05, 0) is 49.5 Å². The summed E-state index contributed by atoms with van der Waals surface area (Å²) in [5.74, 6) is 0.447. The first-order valence-electron chi connectivity index (χ1n) is 6.58. The molecule has 2 rings (SSSR count). The third-order valence-electron chi connectivity index (χ3n) is 3.71.